The molecular weight excluding hydrogens is 234 g/mol. The SMILES string of the molecule is O=S1C2CCC1CC(O)(Cc1ccncc1)C2. The molecule has 2 saturated heterocycles. The van der Waals surface area contributed by atoms with E-state index in [0.717, 1.165) is 18.4 Å². The Morgan fingerprint density at radius 1 is 1.29 bits per heavy atom. The van der Waals surface area contributed by atoms with Crippen molar-refractivity contribution in [3.63, 3.8) is 0 Å². The molecule has 0 aliphatic carbocycles. The molecule has 0 aromatic carbocycles. The first-order valence-corrected chi connectivity index (χ1v) is 7.45. The first-order valence-electron chi connectivity index (χ1n) is 6.17. The van der Waals surface area contributed by atoms with Gasteiger partial charge in [-0.25, -0.2) is 0 Å². The lowest BCUT2D eigenvalue weighted by Gasteiger charge is -2.36. The van der Waals surface area contributed by atoms with Crippen molar-refractivity contribution >= 4 is 10.8 Å². The Morgan fingerprint density at radius 2 is 1.88 bits per heavy atom. The van der Waals surface area contributed by atoms with Crippen LogP contribution in [0.1, 0.15) is 31.2 Å². The number of hydrogen-bond donors (Lipinski definition) is 1. The number of aromatic nitrogens is 1. The molecule has 0 spiro atoms. The summed E-state index contributed by atoms with van der Waals surface area (Å²) in [4.78, 5) is 3.99. The lowest BCUT2D eigenvalue weighted by Crippen LogP contribution is -2.44. The Morgan fingerprint density at radius 3 is 2.47 bits per heavy atom. The Bertz CT molecular complexity index is 418. The van der Waals surface area contributed by atoms with Crippen molar-refractivity contribution in [3.8, 4) is 0 Å². The Balaban J connectivity index is 1.77. The van der Waals surface area contributed by atoms with Crippen LogP contribution in [-0.4, -0.2) is 30.4 Å². The van der Waals surface area contributed by atoms with Crippen LogP contribution < -0.4 is 0 Å². The van der Waals surface area contributed by atoms with Crippen LogP contribution >= 0.6 is 0 Å². The highest BCUT2D eigenvalue weighted by molar-refractivity contribution is 7.86. The average Bonchev–Trinajstić information content (AvgIpc) is 2.54. The van der Waals surface area contributed by atoms with Gasteiger partial charge in [-0.3, -0.25) is 9.19 Å². The summed E-state index contributed by atoms with van der Waals surface area (Å²) in [6, 6.07) is 3.90. The van der Waals surface area contributed by atoms with Gasteiger partial charge in [-0.1, -0.05) is 0 Å². The predicted molar refractivity (Wildman–Crippen MR) is 67.1 cm³/mol. The van der Waals surface area contributed by atoms with Crippen LogP contribution in [0.25, 0.3) is 0 Å². The highest BCUT2D eigenvalue weighted by atomic mass is 32.2. The van der Waals surface area contributed by atoms with Gasteiger partial charge in [0.25, 0.3) is 0 Å². The number of rotatable bonds is 2. The Hall–Kier alpha value is -0.740. The van der Waals surface area contributed by atoms with Gasteiger partial charge in [0.15, 0.2) is 0 Å². The lowest BCUT2D eigenvalue weighted by atomic mass is 9.87. The number of hydrogen-bond acceptors (Lipinski definition) is 3. The third-order valence-electron chi connectivity index (χ3n) is 3.97. The predicted octanol–water partition coefficient (Wildman–Crippen LogP) is 1.43. The van der Waals surface area contributed by atoms with E-state index >= 15 is 0 Å². The topological polar surface area (TPSA) is 50.2 Å². The van der Waals surface area contributed by atoms with Gasteiger partial charge in [0.05, 0.1) is 5.60 Å². The third kappa shape index (κ3) is 2.16. The summed E-state index contributed by atoms with van der Waals surface area (Å²) in [5, 5.41) is 11.1. The summed E-state index contributed by atoms with van der Waals surface area (Å²) < 4.78 is 11.9. The van der Waals surface area contributed by atoms with E-state index in [9.17, 15) is 9.32 Å². The number of nitrogens with zero attached hydrogens (tertiary/aromatic N) is 1. The molecule has 1 aromatic heterocycles. The quantitative estimate of drug-likeness (QED) is 0.865. The van der Waals surface area contributed by atoms with Crippen LogP contribution in [0.5, 0.6) is 0 Å². The maximum Gasteiger partial charge on any atom is 0.0710 e. The van der Waals surface area contributed by atoms with E-state index in [4.69, 9.17) is 0 Å². The van der Waals surface area contributed by atoms with E-state index in [1.807, 2.05) is 12.1 Å². The maximum atomic E-state index is 11.9. The van der Waals surface area contributed by atoms with Crippen molar-refractivity contribution in [3.05, 3.63) is 30.1 Å². The smallest absolute Gasteiger partial charge is 0.0710 e. The molecule has 3 nitrogen and oxygen atoms in total. The summed E-state index contributed by atoms with van der Waals surface area (Å²) in [7, 11) is -0.696. The highest BCUT2D eigenvalue weighted by Gasteiger charge is 2.47. The number of aliphatic hydroxyl groups is 1. The number of fused-ring (bicyclic) bond motifs is 2. The van der Waals surface area contributed by atoms with Gasteiger partial charge in [-0.15, -0.1) is 0 Å². The van der Waals surface area contributed by atoms with Gasteiger partial charge in [-0.2, -0.15) is 0 Å². The molecule has 4 heteroatoms. The molecule has 3 heterocycles. The monoisotopic (exact) mass is 251 g/mol. The fourth-order valence-corrected chi connectivity index (χ4v) is 5.43. The van der Waals surface area contributed by atoms with Gasteiger partial charge in [0, 0.05) is 40.1 Å². The molecule has 0 saturated carbocycles. The second-order valence-electron chi connectivity index (χ2n) is 5.31. The van der Waals surface area contributed by atoms with Crippen molar-refractivity contribution in [2.75, 3.05) is 0 Å². The van der Waals surface area contributed by atoms with Crippen LogP contribution in [-0.2, 0) is 17.2 Å². The molecule has 92 valence electrons. The zero-order valence-corrected chi connectivity index (χ0v) is 10.5. The van der Waals surface area contributed by atoms with Gasteiger partial charge in [0.1, 0.15) is 0 Å². The minimum absolute atomic E-state index is 0.223. The van der Waals surface area contributed by atoms with Gasteiger partial charge in [0.2, 0.25) is 0 Å². The van der Waals surface area contributed by atoms with E-state index in [2.05, 4.69) is 4.98 Å². The molecule has 2 fully saturated rings. The molecule has 2 unspecified atom stereocenters. The van der Waals surface area contributed by atoms with Crippen LogP contribution in [0, 0.1) is 0 Å². The highest BCUT2D eigenvalue weighted by Crippen LogP contribution is 2.42. The van der Waals surface area contributed by atoms with E-state index in [1.165, 1.54) is 0 Å². The molecule has 2 bridgehead atoms. The van der Waals surface area contributed by atoms with Crippen molar-refractivity contribution in [1.29, 1.82) is 0 Å². The fraction of sp³-hybridized carbons (Fsp3) is 0.615. The Labute approximate surface area is 104 Å². The maximum absolute atomic E-state index is 11.9. The van der Waals surface area contributed by atoms with Crippen LogP contribution in [0.15, 0.2) is 24.5 Å². The van der Waals surface area contributed by atoms with E-state index in [0.29, 0.717) is 19.3 Å². The molecule has 2 aliphatic rings. The summed E-state index contributed by atoms with van der Waals surface area (Å²) in [6.07, 6.45) is 7.62. The second kappa shape index (κ2) is 4.18. The molecule has 1 aromatic rings. The second-order valence-corrected chi connectivity index (χ2v) is 7.31. The van der Waals surface area contributed by atoms with E-state index in [-0.39, 0.29) is 10.5 Å². The molecule has 0 radical (unpaired) electrons. The van der Waals surface area contributed by atoms with Gasteiger partial charge in [-0.05, 0) is 43.4 Å². The first-order chi connectivity index (χ1) is 8.16. The summed E-state index contributed by atoms with van der Waals surface area (Å²) in [6.45, 7) is 0. The molecule has 2 aliphatic heterocycles. The summed E-state index contributed by atoms with van der Waals surface area (Å²) in [5.41, 5.74) is 0.468. The summed E-state index contributed by atoms with van der Waals surface area (Å²) >= 11 is 0. The van der Waals surface area contributed by atoms with Gasteiger partial charge < -0.3 is 5.11 Å². The van der Waals surface area contributed by atoms with Crippen LogP contribution in [0.2, 0.25) is 0 Å². The molecule has 17 heavy (non-hydrogen) atoms. The standard InChI is InChI=1S/C13H17NO2S/c15-13(7-10-3-5-14-6-4-10)8-11-1-2-12(9-13)17(11)16/h3-6,11-12,15H,1-2,7-9H2. The average molecular weight is 251 g/mol. The van der Waals surface area contributed by atoms with Gasteiger partial charge >= 0.3 is 0 Å². The lowest BCUT2D eigenvalue weighted by molar-refractivity contribution is 0.0230. The first kappa shape index (κ1) is 11.4. The normalized spacial score (nSPS) is 40.4. The summed E-state index contributed by atoms with van der Waals surface area (Å²) in [5.74, 6) is 0. The molecular formula is C13H17NO2S. The van der Waals surface area contributed by atoms with Crippen molar-refractivity contribution in [2.24, 2.45) is 0 Å². The van der Waals surface area contributed by atoms with E-state index in [1.54, 1.807) is 12.4 Å². The molecule has 3 rings (SSSR count). The van der Waals surface area contributed by atoms with Crippen LogP contribution in [0.3, 0.4) is 0 Å². The third-order valence-corrected chi connectivity index (χ3v) is 6.08. The number of pyridine rings is 1. The minimum atomic E-state index is -0.696. The molecule has 1 N–H and O–H groups in total. The van der Waals surface area contributed by atoms with Crippen LogP contribution in [0.4, 0.5) is 0 Å². The Kier molecular flexibility index (Phi) is 2.79. The molecule has 2 atom stereocenters. The molecule has 0 amide bonds. The zero-order valence-electron chi connectivity index (χ0n) is 9.71. The van der Waals surface area contributed by atoms with E-state index < -0.39 is 16.4 Å². The van der Waals surface area contributed by atoms with Crippen molar-refractivity contribution < 1.29 is 9.32 Å². The largest absolute Gasteiger partial charge is 0.389 e. The fourth-order valence-electron chi connectivity index (χ4n) is 3.20. The van der Waals surface area contributed by atoms with Crippen molar-refractivity contribution in [2.45, 2.75) is 48.2 Å². The minimum Gasteiger partial charge on any atom is -0.389 e. The zero-order chi connectivity index (χ0) is 11.9. The van der Waals surface area contributed by atoms with Crippen molar-refractivity contribution in [1.82, 2.24) is 4.98 Å².